The maximum atomic E-state index is 5.79. The van der Waals surface area contributed by atoms with Crippen molar-refractivity contribution in [3.63, 3.8) is 0 Å². The van der Waals surface area contributed by atoms with Crippen LogP contribution >= 0.6 is 0 Å². The van der Waals surface area contributed by atoms with Gasteiger partial charge in [0, 0.05) is 24.7 Å². The Bertz CT molecular complexity index is 335. The summed E-state index contributed by atoms with van der Waals surface area (Å²) < 4.78 is 0. The quantitative estimate of drug-likeness (QED) is 0.716. The third kappa shape index (κ3) is 1.57. The molecule has 0 unspecified atom stereocenters. The molecule has 14 heavy (non-hydrogen) atoms. The fraction of sp³-hybridized carbons (Fsp3) is 0.600. The van der Waals surface area contributed by atoms with Gasteiger partial charge in [-0.3, -0.25) is 4.90 Å². The number of nitrogens with two attached hydrogens (primary N) is 1. The van der Waals surface area contributed by atoms with Gasteiger partial charge in [-0.05, 0) is 20.3 Å². The second-order valence-electron chi connectivity index (χ2n) is 4.00. The van der Waals surface area contributed by atoms with Crippen molar-refractivity contribution < 1.29 is 0 Å². The highest BCUT2D eigenvalue weighted by atomic mass is 15.2. The molecule has 0 amide bonds. The molecule has 1 aliphatic heterocycles. The maximum absolute atomic E-state index is 5.79. The summed E-state index contributed by atoms with van der Waals surface area (Å²) in [5, 5.41) is 0. The van der Waals surface area contributed by atoms with Gasteiger partial charge in [0.15, 0.2) is 0 Å². The molecule has 0 aliphatic carbocycles. The second kappa shape index (κ2) is 3.53. The molecule has 4 nitrogen and oxygen atoms in total. The van der Waals surface area contributed by atoms with Gasteiger partial charge in [-0.1, -0.05) is 0 Å². The van der Waals surface area contributed by atoms with E-state index in [1.807, 2.05) is 0 Å². The molecule has 0 fully saturated rings. The molecule has 2 N–H and O–H groups in total. The predicted octanol–water partition coefficient (Wildman–Crippen LogP) is 0.825. The Balaban J connectivity index is 2.27. The summed E-state index contributed by atoms with van der Waals surface area (Å²) in [6, 6.07) is 0.569. The van der Waals surface area contributed by atoms with Crippen molar-refractivity contribution in [1.82, 2.24) is 14.9 Å². The zero-order valence-electron chi connectivity index (χ0n) is 8.70. The standard InChI is InChI=1S/C10H16N4/c1-7(2)14-4-3-8-9(5-14)12-6-13-10(8)11/h6-7H,3-5H2,1-2H3,(H2,11,12,13). The molecule has 1 aromatic rings. The number of anilines is 1. The molecule has 1 aliphatic rings. The molecule has 0 saturated heterocycles. The first-order valence-electron chi connectivity index (χ1n) is 5.00. The summed E-state index contributed by atoms with van der Waals surface area (Å²) in [7, 11) is 0. The molecule has 0 saturated carbocycles. The normalized spacial score (nSPS) is 17.1. The Morgan fingerprint density at radius 3 is 2.93 bits per heavy atom. The summed E-state index contributed by atoms with van der Waals surface area (Å²) in [4.78, 5) is 10.7. The maximum Gasteiger partial charge on any atom is 0.130 e. The van der Waals surface area contributed by atoms with Crippen LogP contribution < -0.4 is 5.73 Å². The Hall–Kier alpha value is -1.16. The summed E-state index contributed by atoms with van der Waals surface area (Å²) in [5.41, 5.74) is 8.03. The van der Waals surface area contributed by atoms with Crippen molar-refractivity contribution in [2.75, 3.05) is 12.3 Å². The van der Waals surface area contributed by atoms with Gasteiger partial charge in [-0.15, -0.1) is 0 Å². The zero-order chi connectivity index (χ0) is 10.1. The molecule has 0 radical (unpaired) electrons. The third-order valence-electron chi connectivity index (χ3n) is 2.80. The van der Waals surface area contributed by atoms with E-state index < -0.39 is 0 Å². The van der Waals surface area contributed by atoms with Crippen LogP contribution in [0.3, 0.4) is 0 Å². The summed E-state index contributed by atoms with van der Waals surface area (Å²) in [5.74, 6) is 0.651. The molecular weight excluding hydrogens is 176 g/mol. The van der Waals surface area contributed by atoms with Crippen LogP contribution in [0.5, 0.6) is 0 Å². The van der Waals surface area contributed by atoms with Crippen LogP contribution in [0.25, 0.3) is 0 Å². The molecule has 4 heteroatoms. The molecule has 0 bridgehead atoms. The fourth-order valence-electron chi connectivity index (χ4n) is 1.84. The van der Waals surface area contributed by atoms with Crippen LogP contribution in [-0.4, -0.2) is 27.5 Å². The van der Waals surface area contributed by atoms with E-state index in [1.54, 1.807) is 6.33 Å². The smallest absolute Gasteiger partial charge is 0.130 e. The Morgan fingerprint density at radius 1 is 1.43 bits per heavy atom. The highest BCUT2D eigenvalue weighted by Crippen LogP contribution is 2.21. The molecule has 2 heterocycles. The van der Waals surface area contributed by atoms with Crippen LogP contribution in [0.15, 0.2) is 6.33 Å². The van der Waals surface area contributed by atoms with Crippen molar-refractivity contribution in [3.05, 3.63) is 17.6 Å². The highest BCUT2D eigenvalue weighted by Gasteiger charge is 2.20. The van der Waals surface area contributed by atoms with Gasteiger partial charge in [0.2, 0.25) is 0 Å². The van der Waals surface area contributed by atoms with E-state index in [0.29, 0.717) is 11.9 Å². The van der Waals surface area contributed by atoms with E-state index in [0.717, 1.165) is 30.8 Å². The number of fused-ring (bicyclic) bond motifs is 1. The Kier molecular flexibility index (Phi) is 2.37. The van der Waals surface area contributed by atoms with Gasteiger partial charge >= 0.3 is 0 Å². The first-order valence-corrected chi connectivity index (χ1v) is 5.00. The van der Waals surface area contributed by atoms with E-state index in [1.165, 1.54) is 0 Å². The molecule has 0 aromatic carbocycles. The highest BCUT2D eigenvalue weighted by molar-refractivity contribution is 5.42. The van der Waals surface area contributed by atoms with E-state index in [2.05, 4.69) is 28.7 Å². The Morgan fingerprint density at radius 2 is 2.21 bits per heavy atom. The Labute approximate surface area is 84.2 Å². The lowest BCUT2D eigenvalue weighted by molar-refractivity contribution is 0.200. The summed E-state index contributed by atoms with van der Waals surface area (Å²) >= 11 is 0. The zero-order valence-corrected chi connectivity index (χ0v) is 8.70. The number of aromatic nitrogens is 2. The first kappa shape index (κ1) is 9.40. The lowest BCUT2D eigenvalue weighted by Gasteiger charge is -2.31. The van der Waals surface area contributed by atoms with Crippen LogP contribution in [-0.2, 0) is 13.0 Å². The minimum atomic E-state index is 0.569. The first-order chi connectivity index (χ1) is 6.68. The average molecular weight is 192 g/mol. The average Bonchev–Trinajstić information content (AvgIpc) is 2.17. The number of rotatable bonds is 1. The van der Waals surface area contributed by atoms with Crippen LogP contribution in [0, 0.1) is 0 Å². The van der Waals surface area contributed by atoms with Gasteiger partial charge in [0.1, 0.15) is 12.1 Å². The molecule has 2 rings (SSSR count). The lowest BCUT2D eigenvalue weighted by Crippen LogP contribution is -2.36. The number of nitrogens with zero attached hydrogens (tertiary/aromatic N) is 3. The minimum Gasteiger partial charge on any atom is -0.383 e. The van der Waals surface area contributed by atoms with Crippen LogP contribution in [0.4, 0.5) is 5.82 Å². The molecule has 0 spiro atoms. The lowest BCUT2D eigenvalue weighted by atomic mass is 10.0. The number of hydrogen-bond acceptors (Lipinski definition) is 4. The predicted molar refractivity (Wildman–Crippen MR) is 55.7 cm³/mol. The molecular formula is C10H16N4. The van der Waals surface area contributed by atoms with Gasteiger partial charge in [-0.25, -0.2) is 9.97 Å². The van der Waals surface area contributed by atoms with Gasteiger partial charge < -0.3 is 5.73 Å². The van der Waals surface area contributed by atoms with Crippen LogP contribution in [0.2, 0.25) is 0 Å². The van der Waals surface area contributed by atoms with Gasteiger partial charge in [0.25, 0.3) is 0 Å². The van der Waals surface area contributed by atoms with Crippen LogP contribution in [0.1, 0.15) is 25.1 Å². The van der Waals surface area contributed by atoms with Gasteiger partial charge in [-0.2, -0.15) is 0 Å². The monoisotopic (exact) mass is 192 g/mol. The van der Waals surface area contributed by atoms with Crippen molar-refractivity contribution in [2.45, 2.75) is 32.9 Å². The molecule has 1 aromatic heterocycles. The van der Waals surface area contributed by atoms with E-state index in [4.69, 9.17) is 5.73 Å². The summed E-state index contributed by atoms with van der Waals surface area (Å²) in [6.45, 7) is 6.37. The SMILES string of the molecule is CC(C)N1CCc2c(N)ncnc2C1. The van der Waals surface area contributed by atoms with Crippen molar-refractivity contribution in [3.8, 4) is 0 Å². The van der Waals surface area contributed by atoms with E-state index >= 15 is 0 Å². The van der Waals surface area contributed by atoms with E-state index in [-0.39, 0.29) is 0 Å². The number of nitrogen functional groups attached to an aromatic ring is 1. The van der Waals surface area contributed by atoms with Crippen molar-refractivity contribution in [1.29, 1.82) is 0 Å². The van der Waals surface area contributed by atoms with Gasteiger partial charge in [0.05, 0.1) is 5.69 Å². The number of hydrogen-bond donors (Lipinski definition) is 1. The topological polar surface area (TPSA) is 55.0 Å². The fourth-order valence-corrected chi connectivity index (χ4v) is 1.84. The molecule has 76 valence electrons. The largest absolute Gasteiger partial charge is 0.383 e. The van der Waals surface area contributed by atoms with E-state index in [9.17, 15) is 0 Å². The van der Waals surface area contributed by atoms with Crippen molar-refractivity contribution in [2.24, 2.45) is 0 Å². The second-order valence-corrected chi connectivity index (χ2v) is 4.00. The third-order valence-corrected chi connectivity index (χ3v) is 2.80. The molecule has 0 atom stereocenters. The summed E-state index contributed by atoms with van der Waals surface area (Å²) in [6.07, 6.45) is 2.53. The minimum absolute atomic E-state index is 0.569. The van der Waals surface area contributed by atoms with Crippen molar-refractivity contribution >= 4 is 5.82 Å².